The van der Waals surface area contributed by atoms with E-state index in [4.69, 9.17) is 9.47 Å². The van der Waals surface area contributed by atoms with Crippen molar-refractivity contribution in [2.75, 3.05) is 25.6 Å². The van der Waals surface area contributed by atoms with E-state index in [1.807, 2.05) is 40.7 Å². The van der Waals surface area contributed by atoms with Gasteiger partial charge in [-0.2, -0.15) is 4.98 Å². The van der Waals surface area contributed by atoms with Crippen molar-refractivity contribution in [2.45, 2.75) is 45.7 Å². The lowest BCUT2D eigenvalue weighted by Gasteiger charge is -2.18. The van der Waals surface area contributed by atoms with E-state index in [1.165, 1.54) is 0 Å². The van der Waals surface area contributed by atoms with Crippen LogP contribution in [0.25, 0.3) is 11.1 Å². The molecule has 4 heterocycles. The Morgan fingerprint density at radius 3 is 2.94 bits per heavy atom. The smallest absolute Gasteiger partial charge is 0.244 e. The highest BCUT2D eigenvalue weighted by molar-refractivity contribution is 6.13. The van der Waals surface area contributed by atoms with Crippen LogP contribution in [-0.2, 0) is 11.3 Å². The molecule has 9 nitrogen and oxygen atoms in total. The van der Waals surface area contributed by atoms with Crippen LogP contribution < -0.4 is 10.1 Å². The number of methoxy groups -OCH3 is 1. The largest absolute Gasteiger partial charge is 0.479 e. The number of hydrogen-bond acceptors (Lipinski definition) is 7. The van der Waals surface area contributed by atoms with E-state index >= 15 is 0 Å². The zero-order chi connectivity index (χ0) is 21.6. The second-order valence-corrected chi connectivity index (χ2v) is 7.38. The molecule has 1 N–H and O–H groups in total. The molecule has 1 atom stereocenters. The Hall–Kier alpha value is -3.20. The Morgan fingerprint density at radius 1 is 1.23 bits per heavy atom. The fourth-order valence-corrected chi connectivity index (χ4v) is 3.75. The lowest BCUT2D eigenvalue weighted by atomic mass is 10.1. The molecule has 164 valence electrons. The highest BCUT2D eigenvalue weighted by Crippen LogP contribution is 2.29. The normalized spacial score (nSPS) is 14.2. The highest BCUT2D eigenvalue weighted by Gasteiger charge is 2.18. The Balaban J connectivity index is 1.62. The third kappa shape index (κ3) is 4.61. The van der Waals surface area contributed by atoms with Crippen molar-refractivity contribution in [3.63, 3.8) is 0 Å². The zero-order valence-electron chi connectivity index (χ0n) is 18.3. The monoisotopic (exact) mass is 423 g/mol. The maximum atomic E-state index is 5.65. The van der Waals surface area contributed by atoms with Crippen LogP contribution in [-0.4, -0.2) is 56.7 Å². The predicted molar refractivity (Wildman–Crippen MR) is 121 cm³/mol. The molecule has 0 spiro atoms. The summed E-state index contributed by atoms with van der Waals surface area (Å²) < 4.78 is 15.0. The summed E-state index contributed by atoms with van der Waals surface area (Å²) in [4.78, 5) is 13.4. The molecule has 0 radical (unpaired) electrons. The summed E-state index contributed by atoms with van der Waals surface area (Å²) in [5, 5.41) is 8.14. The number of anilines is 1. The van der Waals surface area contributed by atoms with Crippen molar-refractivity contribution in [1.82, 2.24) is 24.1 Å². The van der Waals surface area contributed by atoms with Gasteiger partial charge >= 0.3 is 0 Å². The minimum Gasteiger partial charge on any atom is -0.479 e. The van der Waals surface area contributed by atoms with E-state index in [0.29, 0.717) is 30.9 Å². The molecule has 0 amide bonds. The Labute approximate surface area is 181 Å². The molecular formula is C22H29N7O2. The Kier molecular flexibility index (Phi) is 6.61. The fraction of sp³-hybridized carbons (Fsp3) is 0.455. The minimum absolute atomic E-state index is 0.243. The number of aliphatic imine (C=N–C) groups is 1. The lowest BCUT2D eigenvalue weighted by molar-refractivity contribution is 0.140. The van der Waals surface area contributed by atoms with Gasteiger partial charge in [-0.05, 0) is 25.8 Å². The number of fused-ring (bicyclic) bond motifs is 2. The average Bonchev–Trinajstić information content (AvgIpc) is 3.36. The Bertz CT molecular complexity index is 1080. The molecule has 1 aliphatic heterocycles. The van der Waals surface area contributed by atoms with Crippen LogP contribution in [0, 0.1) is 0 Å². The van der Waals surface area contributed by atoms with Crippen molar-refractivity contribution in [1.29, 1.82) is 0 Å². The zero-order valence-corrected chi connectivity index (χ0v) is 18.3. The van der Waals surface area contributed by atoms with E-state index in [2.05, 4.69) is 38.4 Å². The van der Waals surface area contributed by atoms with Gasteiger partial charge in [0, 0.05) is 61.7 Å². The minimum atomic E-state index is 0.243. The summed E-state index contributed by atoms with van der Waals surface area (Å²) in [6.07, 6.45) is 12.5. The molecule has 0 bridgehead atoms. The number of imidazole rings is 1. The van der Waals surface area contributed by atoms with Gasteiger partial charge in [0.05, 0.1) is 7.11 Å². The number of nitrogens with one attached hydrogen (secondary N) is 1. The van der Waals surface area contributed by atoms with Crippen LogP contribution in [0.3, 0.4) is 0 Å². The standard InChI is InChI=1S/C22H29N7O2/c1-4-6-17(9-14-31-5-2)25-21-26-20(30-3)19-18(8-12-29(19)27-21)16-7-11-28-13-10-23-22(28)24-15-16/h7-8,10,12-13,15,17H,4-6,9,11,14H2,1-3H3,(H,25,27). The highest BCUT2D eigenvalue weighted by atomic mass is 16.5. The third-order valence-corrected chi connectivity index (χ3v) is 5.29. The molecule has 1 aliphatic rings. The number of allylic oxidation sites excluding steroid dienone is 2. The molecule has 0 fully saturated rings. The van der Waals surface area contributed by atoms with E-state index in [-0.39, 0.29) is 6.04 Å². The predicted octanol–water partition coefficient (Wildman–Crippen LogP) is 3.74. The van der Waals surface area contributed by atoms with E-state index in [0.717, 1.165) is 42.5 Å². The molecule has 3 aromatic heterocycles. The van der Waals surface area contributed by atoms with Crippen LogP contribution >= 0.6 is 0 Å². The molecule has 0 saturated carbocycles. The summed E-state index contributed by atoms with van der Waals surface area (Å²) in [6, 6.07) is 2.26. The van der Waals surface area contributed by atoms with Gasteiger partial charge in [0.2, 0.25) is 17.8 Å². The molecule has 0 aromatic carbocycles. The number of ether oxygens (including phenoxy) is 2. The molecule has 3 aromatic rings. The SMILES string of the molecule is CCCC(CCOCC)Nc1nc(OC)c2c(C3=CCn4ccnc4N=C3)ccn2n1. The molecule has 0 aliphatic carbocycles. The first-order valence-electron chi connectivity index (χ1n) is 10.8. The lowest BCUT2D eigenvalue weighted by Crippen LogP contribution is -2.23. The van der Waals surface area contributed by atoms with Crippen molar-refractivity contribution < 1.29 is 9.47 Å². The van der Waals surface area contributed by atoms with Gasteiger partial charge in [-0.15, -0.1) is 5.10 Å². The summed E-state index contributed by atoms with van der Waals surface area (Å²) in [6.45, 7) is 6.32. The Morgan fingerprint density at radius 2 is 2.13 bits per heavy atom. The van der Waals surface area contributed by atoms with E-state index in [1.54, 1.807) is 13.3 Å². The summed E-state index contributed by atoms with van der Waals surface area (Å²) >= 11 is 0. The maximum Gasteiger partial charge on any atom is 0.244 e. The topological polar surface area (TPSA) is 90.9 Å². The van der Waals surface area contributed by atoms with Crippen LogP contribution in [0.15, 0.2) is 35.7 Å². The second kappa shape index (κ2) is 9.74. The fourth-order valence-electron chi connectivity index (χ4n) is 3.75. The van der Waals surface area contributed by atoms with Gasteiger partial charge in [0.25, 0.3) is 0 Å². The average molecular weight is 424 g/mol. The first-order valence-corrected chi connectivity index (χ1v) is 10.8. The second-order valence-electron chi connectivity index (χ2n) is 7.38. The summed E-state index contributed by atoms with van der Waals surface area (Å²) in [5.74, 6) is 1.76. The first-order chi connectivity index (χ1) is 15.2. The van der Waals surface area contributed by atoms with Gasteiger partial charge in [-0.3, -0.25) is 0 Å². The van der Waals surface area contributed by atoms with Crippen molar-refractivity contribution in [2.24, 2.45) is 4.99 Å². The van der Waals surface area contributed by atoms with Crippen molar-refractivity contribution in [3.05, 3.63) is 36.3 Å². The maximum absolute atomic E-state index is 5.65. The van der Waals surface area contributed by atoms with Crippen LogP contribution in [0.5, 0.6) is 5.88 Å². The van der Waals surface area contributed by atoms with Gasteiger partial charge in [0.1, 0.15) is 5.52 Å². The van der Waals surface area contributed by atoms with Gasteiger partial charge in [-0.1, -0.05) is 19.4 Å². The van der Waals surface area contributed by atoms with Crippen molar-refractivity contribution in [3.8, 4) is 5.88 Å². The van der Waals surface area contributed by atoms with Crippen LogP contribution in [0.4, 0.5) is 11.9 Å². The summed E-state index contributed by atoms with van der Waals surface area (Å²) in [5.41, 5.74) is 2.77. The number of hydrogen-bond donors (Lipinski definition) is 1. The third-order valence-electron chi connectivity index (χ3n) is 5.29. The number of aromatic nitrogens is 5. The molecular weight excluding hydrogens is 394 g/mol. The van der Waals surface area contributed by atoms with Gasteiger partial charge in [-0.25, -0.2) is 14.5 Å². The molecule has 9 heteroatoms. The van der Waals surface area contributed by atoms with Crippen molar-refractivity contribution >= 4 is 29.2 Å². The van der Waals surface area contributed by atoms with E-state index in [9.17, 15) is 0 Å². The quantitative estimate of drug-likeness (QED) is 0.500. The first kappa shape index (κ1) is 21.0. The number of rotatable bonds is 10. The molecule has 4 rings (SSSR count). The molecule has 1 unspecified atom stereocenters. The van der Waals surface area contributed by atoms with Gasteiger partial charge in [0.15, 0.2) is 0 Å². The molecule has 0 saturated heterocycles. The molecule has 31 heavy (non-hydrogen) atoms. The summed E-state index contributed by atoms with van der Waals surface area (Å²) in [7, 11) is 1.63. The van der Waals surface area contributed by atoms with Crippen LogP contribution in [0.1, 0.15) is 38.7 Å². The van der Waals surface area contributed by atoms with Crippen LogP contribution in [0.2, 0.25) is 0 Å². The number of nitrogens with zero attached hydrogens (tertiary/aromatic N) is 6. The van der Waals surface area contributed by atoms with E-state index < -0.39 is 0 Å². The van der Waals surface area contributed by atoms with Gasteiger partial charge < -0.3 is 19.4 Å².